The van der Waals surface area contributed by atoms with Gasteiger partial charge in [-0.3, -0.25) is 0 Å². The summed E-state index contributed by atoms with van der Waals surface area (Å²) < 4.78 is 22.7. The Kier molecular flexibility index (Phi) is 6.82. The first-order chi connectivity index (χ1) is 8.80. The Morgan fingerprint density at radius 1 is 1.33 bits per heavy atom. The minimum atomic E-state index is -0.489. The maximum atomic E-state index is 11.9. The van der Waals surface area contributed by atoms with Gasteiger partial charge in [0, 0.05) is 0 Å². The first-order valence-corrected chi connectivity index (χ1v) is 6.06. The van der Waals surface area contributed by atoms with E-state index < -0.39 is 6.67 Å². The second kappa shape index (κ2) is 8.48. The van der Waals surface area contributed by atoms with Crippen LogP contribution in [0.15, 0.2) is 24.3 Å². The zero-order chi connectivity index (χ0) is 13.2. The molecule has 0 heterocycles. The van der Waals surface area contributed by atoms with E-state index in [1.54, 1.807) is 12.1 Å². The van der Waals surface area contributed by atoms with Gasteiger partial charge in [-0.2, -0.15) is 5.26 Å². The van der Waals surface area contributed by atoms with Crippen LogP contribution in [0.5, 0.6) is 5.75 Å². The van der Waals surface area contributed by atoms with Crippen molar-refractivity contribution in [1.29, 1.82) is 5.26 Å². The molecule has 0 saturated heterocycles. The summed E-state index contributed by atoms with van der Waals surface area (Å²) in [6.45, 7) is 2.06. The fourth-order valence-electron chi connectivity index (χ4n) is 1.48. The zero-order valence-corrected chi connectivity index (χ0v) is 10.6. The average molecular weight is 251 g/mol. The summed E-state index contributed by atoms with van der Waals surface area (Å²) in [6, 6.07) is 9.45. The number of alkyl halides is 1. The van der Waals surface area contributed by atoms with Gasteiger partial charge in [0.15, 0.2) is 0 Å². The number of hydrogen-bond acceptors (Lipinski definition) is 3. The summed E-state index contributed by atoms with van der Waals surface area (Å²) in [7, 11) is 0. The molecule has 0 amide bonds. The van der Waals surface area contributed by atoms with Crippen molar-refractivity contribution < 1.29 is 13.9 Å². The highest BCUT2D eigenvalue weighted by Crippen LogP contribution is 2.14. The molecule has 98 valence electrons. The van der Waals surface area contributed by atoms with E-state index in [0.717, 1.165) is 12.0 Å². The molecule has 0 N–H and O–H groups in total. The van der Waals surface area contributed by atoms with Gasteiger partial charge in [-0.25, -0.2) is 4.39 Å². The largest absolute Gasteiger partial charge is 0.491 e. The maximum Gasteiger partial charge on any atom is 0.123 e. The van der Waals surface area contributed by atoms with E-state index in [9.17, 15) is 4.39 Å². The highest BCUT2D eigenvalue weighted by Gasteiger charge is 2.06. The molecule has 0 aliphatic carbocycles. The van der Waals surface area contributed by atoms with Crippen LogP contribution in [0.25, 0.3) is 0 Å². The third-order valence-electron chi connectivity index (χ3n) is 2.53. The standard InChI is InChI=1S/C14H18FNO2/c1-2-13(7-9-16)18-11-12-3-5-14(6-4-12)17-10-8-15/h3-6,13H,2,7-8,10-11H2,1H3. The first-order valence-electron chi connectivity index (χ1n) is 6.06. The molecule has 0 aromatic heterocycles. The van der Waals surface area contributed by atoms with E-state index >= 15 is 0 Å². The number of hydrogen-bond donors (Lipinski definition) is 0. The van der Waals surface area contributed by atoms with Crippen LogP contribution in [-0.4, -0.2) is 19.4 Å². The van der Waals surface area contributed by atoms with E-state index in [4.69, 9.17) is 14.7 Å². The molecule has 0 bridgehead atoms. The van der Waals surface area contributed by atoms with Crippen molar-refractivity contribution in [2.75, 3.05) is 13.3 Å². The lowest BCUT2D eigenvalue weighted by Crippen LogP contribution is -2.10. The molecule has 4 heteroatoms. The quantitative estimate of drug-likeness (QED) is 0.712. The van der Waals surface area contributed by atoms with Crippen LogP contribution in [0.2, 0.25) is 0 Å². The second-order valence-electron chi connectivity index (χ2n) is 3.88. The Bertz CT molecular complexity index is 372. The summed E-state index contributed by atoms with van der Waals surface area (Å²) in [5.41, 5.74) is 1.01. The van der Waals surface area contributed by atoms with E-state index in [-0.39, 0.29) is 12.7 Å². The topological polar surface area (TPSA) is 42.2 Å². The van der Waals surface area contributed by atoms with Crippen molar-refractivity contribution in [2.45, 2.75) is 32.5 Å². The van der Waals surface area contributed by atoms with Crippen molar-refractivity contribution in [2.24, 2.45) is 0 Å². The van der Waals surface area contributed by atoms with E-state index in [0.29, 0.717) is 18.8 Å². The number of halogens is 1. The molecule has 0 radical (unpaired) electrons. The Morgan fingerprint density at radius 2 is 2.06 bits per heavy atom. The fourth-order valence-corrected chi connectivity index (χ4v) is 1.48. The average Bonchev–Trinajstić information content (AvgIpc) is 2.42. The normalized spacial score (nSPS) is 11.8. The summed E-state index contributed by atoms with van der Waals surface area (Å²) in [5, 5.41) is 8.61. The van der Waals surface area contributed by atoms with Gasteiger partial charge in [0.2, 0.25) is 0 Å². The Morgan fingerprint density at radius 3 is 2.61 bits per heavy atom. The maximum absolute atomic E-state index is 11.9. The molecule has 1 aromatic rings. The molecule has 1 atom stereocenters. The van der Waals surface area contributed by atoms with Gasteiger partial charge < -0.3 is 9.47 Å². The molecule has 1 aromatic carbocycles. The van der Waals surface area contributed by atoms with Crippen LogP contribution in [0.4, 0.5) is 4.39 Å². The third-order valence-corrected chi connectivity index (χ3v) is 2.53. The lowest BCUT2D eigenvalue weighted by Gasteiger charge is -2.13. The summed E-state index contributed by atoms with van der Waals surface area (Å²) in [6.07, 6.45) is 1.22. The van der Waals surface area contributed by atoms with Crippen molar-refractivity contribution >= 4 is 0 Å². The molecule has 0 aliphatic rings. The molecule has 1 rings (SSSR count). The SMILES string of the molecule is CCC(CC#N)OCc1ccc(OCCF)cc1. The summed E-state index contributed by atoms with van der Waals surface area (Å²) in [5.74, 6) is 0.653. The van der Waals surface area contributed by atoms with Gasteiger partial charge >= 0.3 is 0 Å². The van der Waals surface area contributed by atoms with Gasteiger partial charge in [-0.15, -0.1) is 0 Å². The minimum Gasteiger partial charge on any atom is -0.491 e. The smallest absolute Gasteiger partial charge is 0.123 e. The Hall–Kier alpha value is -1.60. The van der Waals surface area contributed by atoms with Crippen LogP contribution < -0.4 is 4.74 Å². The number of ether oxygens (including phenoxy) is 2. The molecule has 18 heavy (non-hydrogen) atoms. The molecule has 3 nitrogen and oxygen atoms in total. The predicted molar refractivity (Wildman–Crippen MR) is 67.0 cm³/mol. The van der Waals surface area contributed by atoms with E-state index in [1.165, 1.54) is 0 Å². The van der Waals surface area contributed by atoms with Crippen molar-refractivity contribution in [3.8, 4) is 11.8 Å². The number of nitriles is 1. The molecular weight excluding hydrogens is 233 g/mol. The van der Waals surface area contributed by atoms with Gasteiger partial charge in [0.05, 0.1) is 25.2 Å². The number of benzene rings is 1. The highest BCUT2D eigenvalue weighted by molar-refractivity contribution is 5.26. The van der Waals surface area contributed by atoms with E-state index in [1.807, 2.05) is 19.1 Å². The summed E-state index contributed by atoms with van der Waals surface area (Å²) >= 11 is 0. The number of rotatable bonds is 8. The Balaban J connectivity index is 2.41. The summed E-state index contributed by atoms with van der Waals surface area (Å²) in [4.78, 5) is 0. The molecule has 0 saturated carbocycles. The molecule has 1 unspecified atom stereocenters. The van der Waals surface area contributed by atoms with Crippen molar-refractivity contribution in [3.63, 3.8) is 0 Å². The number of nitrogens with zero attached hydrogens (tertiary/aromatic N) is 1. The van der Waals surface area contributed by atoms with Gasteiger partial charge in [-0.1, -0.05) is 19.1 Å². The molecule has 0 fully saturated rings. The first kappa shape index (κ1) is 14.5. The second-order valence-corrected chi connectivity index (χ2v) is 3.88. The van der Waals surface area contributed by atoms with Gasteiger partial charge in [0.1, 0.15) is 19.0 Å². The van der Waals surface area contributed by atoms with Crippen molar-refractivity contribution in [3.05, 3.63) is 29.8 Å². The lowest BCUT2D eigenvalue weighted by atomic mass is 10.2. The minimum absolute atomic E-state index is 0.0162. The highest BCUT2D eigenvalue weighted by atomic mass is 19.1. The molecule has 0 spiro atoms. The van der Waals surface area contributed by atoms with Crippen LogP contribution >= 0.6 is 0 Å². The zero-order valence-electron chi connectivity index (χ0n) is 10.6. The van der Waals surface area contributed by atoms with Gasteiger partial charge in [0.25, 0.3) is 0 Å². The van der Waals surface area contributed by atoms with Crippen LogP contribution in [0.1, 0.15) is 25.3 Å². The third kappa shape index (κ3) is 5.15. The van der Waals surface area contributed by atoms with Crippen molar-refractivity contribution in [1.82, 2.24) is 0 Å². The Labute approximate surface area is 107 Å². The van der Waals surface area contributed by atoms with Crippen LogP contribution in [-0.2, 0) is 11.3 Å². The monoisotopic (exact) mass is 251 g/mol. The van der Waals surface area contributed by atoms with Crippen LogP contribution in [0.3, 0.4) is 0 Å². The lowest BCUT2D eigenvalue weighted by molar-refractivity contribution is 0.0413. The fraction of sp³-hybridized carbons (Fsp3) is 0.500. The van der Waals surface area contributed by atoms with Gasteiger partial charge in [-0.05, 0) is 24.1 Å². The van der Waals surface area contributed by atoms with E-state index in [2.05, 4.69) is 6.07 Å². The molecular formula is C14H18FNO2. The molecule has 0 aliphatic heterocycles. The predicted octanol–water partition coefficient (Wildman–Crippen LogP) is 3.24. The van der Waals surface area contributed by atoms with Crippen LogP contribution in [0, 0.1) is 11.3 Å².